The lowest BCUT2D eigenvalue weighted by Gasteiger charge is -2.37. The van der Waals surface area contributed by atoms with Gasteiger partial charge in [-0.2, -0.15) is 0 Å². The largest absolute Gasteiger partial charge is 0.353 e. The molecule has 1 saturated carbocycles. The first-order valence-corrected chi connectivity index (χ1v) is 12.3. The molecule has 6 nitrogen and oxygen atoms in total. The van der Waals surface area contributed by atoms with E-state index in [9.17, 15) is 9.59 Å². The van der Waals surface area contributed by atoms with Crippen LogP contribution < -0.4 is 10.6 Å². The molecule has 1 aromatic carbocycles. The van der Waals surface area contributed by atoms with E-state index in [4.69, 9.17) is 0 Å². The van der Waals surface area contributed by atoms with Gasteiger partial charge in [-0.1, -0.05) is 37.5 Å². The maximum atomic E-state index is 12.9. The second kappa shape index (κ2) is 11.0. The van der Waals surface area contributed by atoms with Crippen molar-refractivity contribution in [3.63, 3.8) is 0 Å². The molecule has 0 aromatic heterocycles. The Kier molecular flexibility index (Phi) is 7.84. The molecule has 1 aromatic rings. The van der Waals surface area contributed by atoms with Gasteiger partial charge in [0.25, 0.3) is 0 Å². The fourth-order valence-electron chi connectivity index (χ4n) is 5.41. The van der Waals surface area contributed by atoms with Crippen molar-refractivity contribution in [3.8, 4) is 0 Å². The third-order valence-corrected chi connectivity index (χ3v) is 7.28. The number of anilines is 1. The molecule has 0 spiro atoms. The first kappa shape index (κ1) is 22.1. The van der Waals surface area contributed by atoms with Crippen LogP contribution in [0.25, 0.3) is 0 Å². The summed E-state index contributed by atoms with van der Waals surface area (Å²) >= 11 is 0. The van der Waals surface area contributed by atoms with Gasteiger partial charge < -0.3 is 20.4 Å². The fraction of sp³-hybridized carbons (Fsp3) is 0.680. The van der Waals surface area contributed by atoms with Gasteiger partial charge in [-0.05, 0) is 56.6 Å². The number of amides is 3. The highest BCUT2D eigenvalue weighted by atomic mass is 16.2. The van der Waals surface area contributed by atoms with Crippen molar-refractivity contribution in [1.82, 2.24) is 15.1 Å². The van der Waals surface area contributed by atoms with Crippen LogP contribution in [0.15, 0.2) is 30.3 Å². The minimum Gasteiger partial charge on any atom is -0.353 e. The summed E-state index contributed by atoms with van der Waals surface area (Å²) in [6.07, 6.45) is 10.8. The van der Waals surface area contributed by atoms with E-state index in [0.717, 1.165) is 50.4 Å². The molecule has 3 aliphatic rings. The average molecular weight is 427 g/mol. The maximum absolute atomic E-state index is 12.9. The summed E-state index contributed by atoms with van der Waals surface area (Å²) in [5, 5.41) is 6.24. The Morgan fingerprint density at radius 1 is 0.871 bits per heavy atom. The van der Waals surface area contributed by atoms with Gasteiger partial charge in [-0.25, -0.2) is 4.79 Å². The van der Waals surface area contributed by atoms with E-state index in [1.807, 2.05) is 30.3 Å². The van der Waals surface area contributed by atoms with E-state index in [2.05, 4.69) is 15.5 Å². The summed E-state index contributed by atoms with van der Waals surface area (Å²) in [5.41, 5.74) is 0.791. The lowest BCUT2D eigenvalue weighted by molar-refractivity contribution is -0.127. The smallest absolute Gasteiger partial charge is 0.321 e. The van der Waals surface area contributed by atoms with E-state index in [0.29, 0.717) is 13.1 Å². The Labute approximate surface area is 186 Å². The lowest BCUT2D eigenvalue weighted by Crippen LogP contribution is -2.51. The summed E-state index contributed by atoms with van der Waals surface area (Å²) in [7, 11) is 0. The number of likely N-dealkylation sites (tertiary alicyclic amines) is 2. The Morgan fingerprint density at radius 2 is 1.61 bits per heavy atom. The zero-order valence-electron chi connectivity index (χ0n) is 18.7. The highest BCUT2D eigenvalue weighted by Gasteiger charge is 2.31. The molecule has 0 radical (unpaired) electrons. The number of urea groups is 1. The Balaban J connectivity index is 1.19. The number of nitrogens with zero attached hydrogens (tertiary/aromatic N) is 2. The van der Waals surface area contributed by atoms with Crippen molar-refractivity contribution in [2.75, 3.05) is 38.0 Å². The molecule has 1 aliphatic carbocycles. The van der Waals surface area contributed by atoms with E-state index in [1.165, 1.54) is 38.6 Å². The van der Waals surface area contributed by atoms with Crippen molar-refractivity contribution in [3.05, 3.63) is 30.3 Å². The normalized spacial score (nSPS) is 24.0. The summed E-state index contributed by atoms with van der Waals surface area (Å²) in [6, 6.07) is 9.67. The minimum absolute atomic E-state index is 0.101. The molecular weight excluding hydrogens is 388 g/mol. The Hall–Kier alpha value is -2.08. The van der Waals surface area contributed by atoms with Crippen LogP contribution in [0.2, 0.25) is 0 Å². The Bertz CT molecular complexity index is 711. The van der Waals surface area contributed by atoms with Crippen LogP contribution >= 0.6 is 0 Å². The number of nitrogens with one attached hydrogen (secondary N) is 2. The number of piperidine rings is 2. The molecule has 3 fully saturated rings. The monoisotopic (exact) mass is 426 g/mol. The first-order valence-electron chi connectivity index (χ1n) is 12.3. The number of rotatable bonds is 5. The van der Waals surface area contributed by atoms with Crippen LogP contribution in [-0.4, -0.2) is 60.5 Å². The van der Waals surface area contributed by atoms with Crippen molar-refractivity contribution < 1.29 is 9.59 Å². The molecule has 1 unspecified atom stereocenters. The van der Waals surface area contributed by atoms with E-state index >= 15 is 0 Å². The van der Waals surface area contributed by atoms with Gasteiger partial charge in [0.2, 0.25) is 5.91 Å². The minimum atomic E-state index is -0.111. The van der Waals surface area contributed by atoms with Crippen molar-refractivity contribution in [2.24, 2.45) is 11.8 Å². The van der Waals surface area contributed by atoms with Crippen LogP contribution in [0.1, 0.15) is 57.8 Å². The molecule has 2 aliphatic heterocycles. The van der Waals surface area contributed by atoms with Gasteiger partial charge >= 0.3 is 6.03 Å². The zero-order valence-corrected chi connectivity index (χ0v) is 18.7. The average Bonchev–Trinajstić information content (AvgIpc) is 2.82. The standard InChI is InChI=1S/C25H38N4O2/c30-24(26-23-13-16-28(17-14-23)18-20-8-3-1-4-9-20)21-10-7-15-29(19-21)25(31)27-22-11-5-2-6-12-22/h2,5-6,11-12,20-21,23H,1,3-4,7-10,13-19H2,(H,26,30)(H,27,31). The quantitative estimate of drug-likeness (QED) is 0.745. The van der Waals surface area contributed by atoms with Gasteiger partial charge in [0.05, 0.1) is 5.92 Å². The van der Waals surface area contributed by atoms with Gasteiger partial charge in [0.15, 0.2) is 0 Å². The first-order chi connectivity index (χ1) is 15.2. The molecule has 1 atom stereocenters. The van der Waals surface area contributed by atoms with Gasteiger partial charge in [-0.15, -0.1) is 0 Å². The van der Waals surface area contributed by atoms with Crippen LogP contribution in [0, 0.1) is 11.8 Å². The summed E-state index contributed by atoms with van der Waals surface area (Å²) in [6.45, 7) is 4.65. The molecule has 2 heterocycles. The van der Waals surface area contributed by atoms with E-state index in [1.54, 1.807) is 4.90 Å². The number of benzene rings is 1. The lowest BCUT2D eigenvalue weighted by atomic mass is 9.88. The van der Waals surface area contributed by atoms with Crippen LogP contribution in [0.4, 0.5) is 10.5 Å². The van der Waals surface area contributed by atoms with Crippen molar-refractivity contribution in [1.29, 1.82) is 0 Å². The second-order valence-corrected chi connectivity index (χ2v) is 9.67. The topological polar surface area (TPSA) is 64.7 Å². The summed E-state index contributed by atoms with van der Waals surface area (Å²) in [4.78, 5) is 29.9. The van der Waals surface area contributed by atoms with Crippen LogP contribution in [0.3, 0.4) is 0 Å². The molecule has 4 rings (SSSR count). The van der Waals surface area contributed by atoms with Gasteiger partial charge in [-0.3, -0.25) is 4.79 Å². The Morgan fingerprint density at radius 3 is 2.35 bits per heavy atom. The zero-order chi connectivity index (χ0) is 21.5. The second-order valence-electron chi connectivity index (χ2n) is 9.67. The highest BCUT2D eigenvalue weighted by Crippen LogP contribution is 2.26. The van der Waals surface area contributed by atoms with Crippen LogP contribution in [-0.2, 0) is 4.79 Å². The predicted molar refractivity (Wildman–Crippen MR) is 124 cm³/mol. The van der Waals surface area contributed by atoms with E-state index < -0.39 is 0 Å². The highest BCUT2D eigenvalue weighted by molar-refractivity contribution is 5.90. The number of para-hydroxylation sites is 1. The molecule has 2 N–H and O–H groups in total. The third-order valence-electron chi connectivity index (χ3n) is 7.28. The SMILES string of the molecule is O=C(NC1CCN(CC2CCCCC2)CC1)C1CCCN(C(=O)Nc2ccccc2)C1. The summed E-state index contributed by atoms with van der Waals surface area (Å²) in [5.74, 6) is 0.911. The maximum Gasteiger partial charge on any atom is 0.321 e. The molecule has 3 amide bonds. The number of carbonyl (C=O) groups excluding carboxylic acids is 2. The predicted octanol–water partition coefficient (Wildman–Crippen LogP) is 4.09. The molecule has 6 heteroatoms. The van der Waals surface area contributed by atoms with Gasteiger partial charge in [0, 0.05) is 44.5 Å². The molecular formula is C25H38N4O2. The molecule has 2 saturated heterocycles. The number of carbonyl (C=O) groups is 2. The summed E-state index contributed by atoms with van der Waals surface area (Å²) < 4.78 is 0. The molecule has 31 heavy (non-hydrogen) atoms. The van der Waals surface area contributed by atoms with E-state index in [-0.39, 0.29) is 23.9 Å². The number of hydrogen-bond donors (Lipinski definition) is 2. The third kappa shape index (κ3) is 6.45. The molecule has 170 valence electrons. The molecule has 0 bridgehead atoms. The number of hydrogen-bond acceptors (Lipinski definition) is 3. The van der Waals surface area contributed by atoms with Crippen molar-refractivity contribution in [2.45, 2.75) is 63.8 Å². The van der Waals surface area contributed by atoms with Crippen molar-refractivity contribution >= 4 is 17.6 Å². The van der Waals surface area contributed by atoms with Crippen LogP contribution in [0.5, 0.6) is 0 Å². The fourth-order valence-corrected chi connectivity index (χ4v) is 5.41. The van der Waals surface area contributed by atoms with Gasteiger partial charge in [0.1, 0.15) is 0 Å².